The van der Waals surface area contributed by atoms with Gasteiger partial charge in [-0.15, -0.1) is 0 Å². The molecule has 0 aliphatic carbocycles. The molecule has 0 fully saturated rings. The van der Waals surface area contributed by atoms with Crippen LogP contribution in [0.2, 0.25) is 0 Å². The Balaban J connectivity index is 2.56. The van der Waals surface area contributed by atoms with Gasteiger partial charge in [-0.3, -0.25) is 14.8 Å². The summed E-state index contributed by atoms with van der Waals surface area (Å²) in [6.45, 7) is 1.90. The van der Waals surface area contributed by atoms with Gasteiger partial charge in [-0.05, 0) is 31.2 Å². The zero-order valence-corrected chi connectivity index (χ0v) is 8.84. The van der Waals surface area contributed by atoms with Gasteiger partial charge >= 0.3 is 0 Å². The predicted molar refractivity (Wildman–Crippen MR) is 60.0 cm³/mol. The molecule has 0 aliphatic heterocycles. The van der Waals surface area contributed by atoms with Gasteiger partial charge in [0.1, 0.15) is 11.5 Å². The molecule has 2 aromatic heterocycles. The minimum atomic E-state index is -0.334. The summed E-state index contributed by atoms with van der Waals surface area (Å²) in [5.41, 5.74) is 3.52. The zero-order chi connectivity index (χ0) is 11.5. The molecule has 5 nitrogen and oxygen atoms in total. The van der Waals surface area contributed by atoms with E-state index in [1.54, 1.807) is 16.8 Å². The second-order valence-corrected chi connectivity index (χ2v) is 3.36. The van der Waals surface area contributed by atoms with Crippen LogP contribution in [-0.2, 0) is 0 Å². The predicted octanol–water partition coefficient (Wildman–Crippen LogP) is 0.784. The molecule has 3 N–H and O–H groups in total. The first kappa shape index (κ1) is 10.4. The largest absolute Gasteiger partial charge is 0.294 e. The van der Waals surface area contributed by atoms with Crippen molar-refractivity contribution in [2.24, 2.45) is 5.84 Å². The van der Waals surface area contributed by atoms with Gasteiger partial charge in [0.25, 0.3) is 5.91 Å². The summed E-state index contributed by atoms with van der Waals surface area (Å²) in [7, 11) is 0. The highest BCUT2D eigenvalue weighted by Gasteiger charge is 2.13. The molecule has 2 rings (SSSR count). The van der Waals surface area contributed by atoms with Crippen molar-refractivity contribution in [3.8, 4) is 5.82 Å². The van der Waals surface area contributed by atoms with Crippen LogP contribution in [0, 0.1) is 6.92 Å². The smallest absolute Gasteiger partial charge is 0.282 e. The van der Waals surface area contributed by atoms with Crippen molar-refractivity contribution in [2.45, 2.75) is 6.92 Å². The molecule has 2 heterocycles. The highest BCUT2D eigenvalue weighted by Crippen LogP contribution is 2.14. The number of hydrogen-bond donors (Lipinski definition) is 2. The summed E-state index contributed by atoms with van der Waals surface area (Å²) >= 11 is 0. The van der Waals surface area contributed by atoms with Crippen molar-refractivity contribution < 1.29 is 4.79 Å². The number of carbonyl (C=O) groups is 1. The molecule has 82 valence electrons. The molecule has 0 aliphatic rings. The van der Waals surface area contributed by atoms with Gasteiger partial charge < -0.3 is 0 Å². The van der Waals surface area contributed by atoms with Gasteiger partial charge in [0.2, 0.25) is 0 Å². The normalized spacial score (nSPS) is 10.1. The van der Waals surface area contributed by atoms with Crippen molar-refractivity contribution in [1.29, 1.82) is 0 Å². The fraction of sp³-hybridized carbons (Fsp3) is 0.0909. The summed E-state index contributed by atoms with van der Waals surface area (Å²) in [4.78, 5) is 15.7. The average Bonchev–Trinajstić information content (AvgIpc) is 2.71. The van der Waals surface area contributed by atoms with Crippen LogP contribution in [0.4, 0.5) is 0 Å². The van der Waals surface area contributed by atoms with E-state index < -0.39 is 0 Å². The number of rotatable bonds is 2. The average molecular weight is 216 g/mol. The standard InChI is InChI=1S/C11H12N4O/c1-8-5-6-9(11(16)14-12)15(8)10-4-2-3-7-13-10/h2-7H,12H2,1H3,(H,14,16). The van der Waals surface area contributed by atoms with Gasteiger partial charge in [-0.2, -0.15) is 0 Å². The molecule has 0 saturated heterocycles. The quantitative estimate of drug-likeness (QED) is 0.442. The Labute approximate surface area is 92.9 Å². The van der Waals surface area contributed by atoms with E-state index in [2.05, 4.69) is 10.4 Å². The number of carbonyl (C=O) groups excluding carboxylic acids is 1. The second-order valence-electron chi connectivity index (χ2n) is 3.36. The van der Waals surface area contributed by atoms with Crippen molar-refractivity contribution in [3.05, 3.63) is 47.9 Å². The zero-order valence-electron chi connectivity index (χ0n) is 8.84. The van der Waals surface area contributed by atoms with E-state index in [0.717, 1.165) is 5.69 Å². The first-order valence-electron chi connectivity index (χ1n) is 4.84. The highest BCUT2D eigenvalue weighted by atomic mass is 16.2. The molecule has 16 heavy (non-hydrogen) atoms. The Bertz CT molecular complexity index is 504. The number of nitrogen functional groups attached to an aromatic ring is 1. The maximum absolute atomic E-state index is 11.5. The van der Waals surface area contributed by atoms with Crippen LogP contribution in [0.3, 0.4) is 0 Å². The Morgan fingerprint density at radius 1 is 1.38 bits per heavy atom. The monoisotopic (exact) mass is 216 g/mol. The molecule has 0 unspecified atom stereocenters. The Hall–Kier alpha value is -2.14. The van der Waals surface area contributed by atoms with Crippen LogP contribution in [0.1, 0.15) is 16.2 Å². The number of aryl methyl sites for hydroxylation is 1. The van der Waals surface area contributed by atoms with E-state index in [1.165, 1.54) is 0 Å². The minimum absolute atomic E-state index is 0.334. The van der Waals surface area contributed by atoms with E-state index in [0.29, 0.717) is 11.5 Å². The summed E-state index contributed by atoms with van der Waals surface area (Å²) in [6.07, 6.45) is 1.68. The topological polar surface area (TPSA) is 72.9 Å². The van der Waals surface area contributed by atoms with Gasteiger partial charge in [-0.25, -0.2) is 10.8 Å². The maximum atomic E-state index is 11.5. The van der Waals surface area contributed by atoms with Gasteiger partial charge in [0, 0.05) is 11.9 Å². The van der Waals surface area contributed by atoms with Crippen LogP contribution in [0.25, 0.3) is 5.82 Å². The van der Waals surface area contributed by atoms with E-state index in [-0.39, 0.29) is 5.91 Å². The number of nitrogens with one attached hydrogen (secondary N) is 1. The van der Waals surface area contributed by atoms with Crippen molar-refractivity contribution in [3.63, 3.8) is 0 Å². The molecule has 5 heteroatoms. The van der Waals surface area contributed by atoms with E-state index in [1.807, 2.05) is 31.2 Å². The lowest BCUT2D eigenvalue weighted by atomic mass is 10.4. The molecule has 0 radical (unpaired) electrons. The Morgan fingerprint density at radius 2 is 2.19 bits per heavy atom. The molecular weight excluding hydrogens is 204 g/mol. The van der Waals surface area contributed by atoms with E-state index >= 15 is 0 Å². The fourth-order valence-corrected chi connectivity index (χ4v) is 1.58. The van der Waals surface area contributed by atoms with Crippen LogP contribution < -0.4 is 11.3 Å². The Kier molecular flexibility index (Phi) is 2.70. The number of nitrogens with zero attached hydrogens (tertiary/aromatic N) is 2. The first-order chi connectivity index (χ1) is 7.74. The maximum Gasteiger partial charge on any atom is 0.282 e. The van der Waals surface area contributed by atoms with Crippen LogP contribution in [-0.4, -0.2) is 15.5 Å². The number of aromatic nitrogens is 2. The molecule has 0 atom stereocenters. The minimum Gasteiger partial charge on any atom is -0.294 e. The van der Waals surface area contributed by atoms with Crippen molar-refractivity contribution in [1.82, 2.24) is 15.0 Å². The van der Waals surface area contributed by atoms with Crippen LogP contribution >= 0.6 is 0 Å². The van der Waals surface area contributed by atoms with E-state index in [9.17, 15) is 4.79 Å². The number of pyridine rings is 1. The first-order valence-corrected chi connectivity index (χ1v) is 4.84. The molecule has 0 aromatic carbocycles. The van der Waals surface area contributed by atoms with Gasteiger partial charge in [0.15, 0.2) is 0 Å². The third-order valence-electron chi connectivity index (χ3n) is 2.32. The van der Waals surface area contributed by atoms with Crippen molar-refractivity contribution >= 4 is 5.91 Å². The fourth-order valence-electron chi connectivity index (χ4n) is 1.58. The molecule has 1 amide bonds. The third kappa shape index (κ3) is 1.68. The van der Waals surface area contributed by atoms with E-state index in [4.69, 9.17) is 5.84 Å². The van der Waals surface area contributed by atoms with Gasteiger partial charge in [-0.1, -0.05) is 6.07 Å². The number of hydrazine groups is 1. The molecule has 2 aromatic rings. The molecular formula is C11H12N4O. The lowest BCUT2D eigenvalue weighted by Gasteiger charge is -2.09. The summed E-state index contributed by atoms with van der Waals surface area (Å²) in [6, 6.07) is 9.09. The molecule has 0 spiro atoms. The number of nitrogens with two attached hydrogens (primary N) is 1. The summed E-state index contributed by atoms with van der Waals surface area (Å²) < 4.78 is 1.75. The summed E-state index contributed by atoms with van der Waals surface area (Å²) in [5, 5.41) is 0. The summed E-state index contributed by atoms with van der Waals surface area (Å²) in [5.74, 6) is 5.49. The molecule has 0 bridgehead atoms. The SMILES string of the molecule is Cc1ccc(C(=O)NN)n1-c1ccccn1. The second kappa shape index (κ2) is 4.16. The lowest BCUT2D eigenvalue weighted by molar-refractivity contribution is 0.0946. The molecule has 0 saturated carbocycles. The van der Waals surface area contributed by atoms with Crippen molar-refractivity contribution in [2.75, 3.05) is 0 Å². The van der Waals surface area contributed by atoms with Gasteiger partial charge in [0.05, 0.1) is 0 Å². The Morgan fingerprint density at radius 3 is 2.81 bits per heavy atom. The van der Waals surface area contributed by atoms with Crippen LogP contribution in [0.15, 0.2) is 36.5 Å². The highest BCUT2D eigenvalue weighted by molar-refractivity contribution is 5.93. The number of amides is 1. The number of hydrogen-bond acceptors (Lipinski definition) is 3. The third-order valence-corrected chi connectivity index (χ3v) is 2.32. The van der Waals surface area contributed by atoms with Crippen LogP contribution in [0.5, 0.6) is 0 Å². The lowest BCUT2D eigenvalue weighted by Crippen LogP contribution is -2.31.